The zero-order valence-electron chi connectivity index (χ0n) is 11.8. The van der Waals surface area contributed by atoms with Gasteiger partial charge in [-0.3, -0.25) is 4.79 Å². The summed E-state index contributed by atoms with van der Waals surface area (Å²) in [4.78, 5) is 14.1. The van der Waals surface area contributed by atoms with Crippen molar-refractivity contribution in [2.45, 2.75) is 31.1 Å². The summed E-state index contributed by atoms with van der Waals surface area (Å²) < 4.78 is 0. The molecule has 0 bridgehead atoms. The number of amides is 1. The van der Waals surface area contributed by atoms with Gasteiger partial charge in [-0.15, -0.1) is 17.3 Å². The average molecular weight is 290 g/mol. The van der Waals surface area contributed by atoms with E-state index in [1.165, 1.54) is 0 Å². The van der Waals surface area contributed by atoms with Crippen LogP contribution >= 0.6 is 11.6 Å². The van der Waals surface area contributed by atoms with Gasteiger partial charge in [-0.2, -0.15) is 0 Å². The van der Waals surface area contributed by atoms with Crippen LogP contribution in [0, 0.1) is 0 Å². The van der Waals surface area contributed by atoms with Crippen molar-refractivity contribution in [3.05, 3.63) is 47.7 Å². The van der Waals surface area contributed by atoms with Crippen LogP contribution in [0.2, 0.25) is 0 Å². The van der Waals surface area contributed by atoms with E-state index in [1.54, 1.807) is 4.90 Å². The van der Waals surface area contributed by atoms with Crippen molar-refractivity contribution < 1.29 is 4.79 Å². The van der Waals surface area contributed by atoms with Gasteiger partial charge >= 0.3 is 0 Å². The molecule has 0 N–H and O–H groups in total. The molecule has 1 aliphatic rings. The number of alkyl halides is 1. The van der Waals surface area contributed by atoms with Crippen LogP contribution in [0.15, 0.2) is 42.1 Å². The summed E-state index contributed by atoms with van der Waals surface area (Å²) in [5, 5.41) is -0.670. The molecule has 3 heteroatoms. The number of carbonyl (C=O) groups is 1. The van der Waals surface area contributed by atoms with Gasteiger partial charge in [0.05, 0.1) is 0 Å². The Hall–Kier alpha value is -1.50. The summed E-state index contributed by atoms with van der Waals surface area (Å²) in [6, 6.07) is 9.80. The van der Waals surface area contributed by atoms with Gasteiger partial charge in [0.15, 0.2) is 0 Å². The molecular weight excluding hydrogens is 270 g/mol. The van der Waals surface area contributed by atoms with Crippen LogP contribution in [-0.4, -0.2) is 29.8 Å². The molecule has 20 heavy (non-hydrogen) atoms. The SMILES string of the molecule is CN1CCCCCC=C=C(c2ccccc2)C(Cl)C1=O. The summed E-state index contributed by atoms with van der Waals surface area (Å²) in [6.45, 7) is 0.768. The number of hydrogen-bond donors (Lipinski definition) is 0. The van der Waals surface area contributed by atoms with Crippen molar-refractivity contribution in [1.29, 1.82) is 0 Å². The van der Waals surface area contributed by atoms with E-state index < -0.39 is 5.38 Å². The van der Waals surface area contributed by atoms with Gasteiger partial charge in [0.1, 0.15) is 5.38 Å². The molecule has 2 rings (SSSR count). The van der Waals surface area contributed by atoms with Gasteiger partial charge in [-0.05, 0) is 30.9 Å². The highest BCUT2D eigenvalue weighted by atomic mass is 35.5. The number of carbonyl (C=O) groups excluding carboxylic acids is 1. The molecular formula is C17H20ClNO. The normalized spacial score (nSPS) is 21.3. The lowest BCUT2D eigenvalue weighted by molar-refractivity contribution is -0.128. The molecule has 106 valence electrons. The third-order valence-corrected chi connectivity index (χ3v) is 3.94. The minimum absolute atomic E-state index is 0.0479. The zero-order valence-corrected chi connectivity index (χ0v) is 12.6. The molecule has 0 aromatic heterocycles. The zero-order chi connectivity index (χ0) is 14.4. The van der Waals surface area contributed by atoms with Crippen molar-refractivity contribution in [1.82, 2.24) is 4.90 Å². The first-order chi connectivity index (χ1) is 9.70. The Bertz CT molecular complexity index is 517. The van der Waals surface area contributed by atoms with Crippen LogP contribution in [0.3, 0.4) is 0 Å². The van der Waals surface area contributed by atoms with Gasteiger partial charge in [0.2, 0.25) is 5.91 Å². The minimum atomic E-state index is -0.670. The summed E-state index contributed by atoms with van der Waals surface area (Å²) in [5.74, 6) is -0.0479. The smallest absolute Gasteiger partial charge is 0.245 e. The molecule has 0 aliphatic carbocycles. The van der Waals surface area contributed by atoms with Crippen molar-refractivity contribution in [3.63, 3.8) is 0 Å². The first-order valence-electron chi connectivity index (χ1n) is 7.09. The molecule has 2 nitrogen and oxygen atoms in total. The van der Waals surface area contributed by atoms with Gasteiger partial charge in [-0.25, -0.2) is 0 Å². The van der Waals surface area contributed by atoms with Crippen LogP contribution in [-0.2, 0) is 4.79 Å². The highest BCUT2D eigenvalue weighted by molar-refractivity contribution is 6.37. The second-order valence-corrected chi connectivity index (χ2v) is 5.54. The molecule has 1 unspecified atom stereocenters. The first kappa shape index (κ1) is 14.9. The Morgan fingerprint density at radius 3 is 2.70 bits per heavy atom. The summed E-state index contributed by atoms with van der Waals surface area (Å²) >= 11 is 6.41. The predicted octanol–water partition coefficient (Wildman–Crippen LogP) is 3.86. The average Bonchev–Trinajstić information content (AvgIpc) is 2.51. The standard InChI is InChI=1S/C17H20ClNO/c1-19-13-9-4-2-3-8-12-15(16(18)17(19)20)14-10-6-5-7-11-14/h5-8,10-11,16H,2-4,9,13H2,1H3. The molecule has 1 aromatic rings. The number of nitrogens with zero attached hydrogens (tertiary/aromatic N) is 1. The maximum absolute atomic E-state index is 12.4. The summed E-state index contributed by atoms with van der Waals surface area (Å²) in [7, 11) is 1.82. The molecule has 1 aliphatic heterocycles. The molecule has 0 fully saturated rings. The van der Waals surface area contributed by atoms with Crippen molar-refractivity contribution >= 4 is 23.1 Å². The Morgan fingerprint density at radius 2 is 1.95 bits per heavy atom. The predicted molar refractivity (Wildman–Crippen MR) is 83.7 cm³/mol. The maximum atomic E-state index is 12.4. The van der Waals surface area contributed by atoms with E-state index in [2.05, 4.69) is 5.73 Å². The molecule has 0 saturated carbocycles. The van der Waals surface area contributed by atoms with Gasteiger partial charge < -0.3 is 4.90 Å². The summed E-state index contributed by atoms with van der Waals surface area (Å²) in [5.41, 5.74) is 4.98. The summed E-state index contributed by atoms with van der Waals surface area (Å²) in [6.07, 6.45) is 6.28. The number of hydrogen-bond acceptors (Lipinski definition) is 1. The molecule has 0 spiro atoms. The molecule has 1 atom stereocenters. The molecule has 1 aromatic carbocycles. The maximum Gasteiger partial charge on any atom is 0.245 e. The minimum Gasteiger partial charge on any atom is -0.344 e. The van der Waals surface area contributed by atoms with E-state index in [4.69, 9.17) is 11.6 Å². The lowest BCUT2D eigenvalue weighted by Gasteiger charge is -2.21. The van der Waals surface area contributed by atoms with E-state index in [0.717, 1.165) is 43.4 Å². The molecule has 0 saturated heterocycles. The van der Waals surface area contributed by atoms with Crippen molar-refractivity contribution in [2.24, 2.45) is 0 Å². The highest BCUT2D eigenvalue weighted by Gasteiger charge is 2.24. The Kier molecular flexibility index (Phi) is 5.46. The van der Waals surface area contributed by atoms with Crippen molar-refractivity contribution in [3.8, 4) is 0 Å². The fourth-order valence-electron chi connectivity index (χ4n) is 2.30. The van der Waals surface area contributed by atoms with Crippen LogP contribution < -0.4 is 0 Å². The lowest BCUT2D eigenvalue weighted by atomic mass is 10.0. The van der Waals surface area contributed by atoms with Gasteiger partial charge in [0, 0.05) is 19.2 Å². The Labute approximate surface area is 125 Å². The second kappa shape index (κ2) is 7.33. The van der Waals surface area contributed by atoms with E-state index >= 15 is 0 Å². The van der Waals surface area contributed by atoms with Crippen LogP contribution in [0.25, 0.3) is 5.57 Å². The Balaban J connectivity index is 2.36. The first-order valence-corrected chi connectivity index (χ1v) is 7.53. The van der Waals surface area contributed by atoms with Gasteiger partial charge in [-0.1, -0.05) is 36.8 Å². The van der Waals surface area contributed by atoms with E-state index in [0.29, 0.717) is 0 Å². The quantitative estimate of drug-likeness (QED) is 0.568. The van der Waals surface area contributed by atoms with Crippen LogP contribution in [0.1, 0.15) is 31.2 Å². The number of halogens is 1. The van der Waals surface area contributed by atoms with Crippen LogP contribution in [0.4, 0.5) is 0 Å². The fourth-order valence-corrected chi connectivity index (χ4v) is 2.66. The van der Waals surface area contributed by atoms with Gasteiger partial charge in [0.25, 0.3) is 0 Å². The van der Waals surface area contributed by atoms with E-state index in [-0.39, 0.29) is 5.91 Å². The Morgan fingerprint density at radius 1 is 1.20 bits per heavy atom. The monoisotopic (exact) mass is 289 g/mol. The van der Waals surface area contributed by atoms with Crippen molar-refractivity contribution in [2.75, 3.05) is 13.6 Å². The second-order valence-electron chi connectivity index (χ2n) is 5.10. The van der Waals surface area contributed by atoms with Crippen LogP contribution in [0.5, 0.6) is 0 Å². The molecule has 1 amide bonds. The third kappa shape index (κ3) is 3.75. The molecule has 1 heterocycles. The third-order valence-electron chi connectivity index (χ3n) is 3.53. The fraction of sp³-hybridized carbons (Fsp3) is 0.412. The highest BCUT2D eigenvalue weighted by Crippen LogP contribution is 2.24. The lowest BCUT2D eigenvalue weighted by Crippen LogP contribution is -2.34. The largest absolute Gasteiger partial charge is 0.344 e. The topological polar surface area (TPSA) is 20.3 Å². The van der Waals surface area contributed by atoms with E-state index in [9.17, 15) is 4.79 Å². The number of rotatable bonds is 1. The van der Waals surface area contributed by atoms with E-state index in [1.807, 2.05) is 43.5 Å². The number of benzene rings is 1. The molecule has 0 radical (unpaired) electrons.